The van der Waals surface area contributed by atoms with Crippen molar-refractivity contribution in [2.45, 2.75) is 13.0 Å². The topological polar surface area (TPSA) is 84.7 Å². The van der Waals surface area contributed by atoms with E-state index in [1.54, 1.807) is 11.0 Å². The molecule has 1 aromatic carbocycles. The quantitative estimate of drug-likeness (QED) is 0.660. The smallest absolute Gasteiger partial charge is 0.311 e. The summed E-state index contributed by atoms with van der Waals surface area (Å²) in [4.78, 5) is 24.5. The van der Waals surface area contributed by atoms with Crippen LogP contribution in [-0.2, 0) is 0 Å². The number of carbonyl (C=O) groups excluding carboxylic acids is 1. The van der Waals surface area contributed by atoms with Crippen molar-refractivity contribution in [2.24, 2.45) is 0 Å². The Hall–Kier alpha value is -2.15. The monoisotopic (exact) mass is 279 g/mol. The highest BCUT2D eigenvalue weighted by Crippen LogP contribution is 2.28. The van der Waals surface area contributed by atoms with Crippen LogP contribution < -0.4 is 10.1 Å². The van der Waals surface area contributed by atoms with E-state index >= 15 is 0 Å². The zero-order chi connectivity index (χ0) is 14.7. The van der Waals surface area contributed by atoms with Crippen LogP contribution in [0.5, 0.6) is 5.75 Å². The van der Waals surface area contributed by atoms with E-state index in [4.69, 9.17) is 4.74 Å². The summed E-state index contributed by atoms with van der Waals surface area (Å²) in [5, 5.41) is 14.2. The van der Waals surface area contributed by atoms with Gasteiger partial charge in [-0.05, 0) is 19.1 Å². The number of nitrogens with zero attached hydrogens (tertiary/aromatic N) is 2. The number of ether oxygens (including phenoxy) is 1. The number of amides is 1. The SMILES string of the molecule is COc1ccc(C(=O)N2CCN[C@@H](C)C2)cc1[N+](=O)[O-]. The van der Waals surface area contributed by atoms with Gasteiger partial charge >= 0.3 is 5.69 Å². The first-order valence-corrected chi connectivity index (χ1v) is 6.38. The van der Waals surface area contributed by atoms with E-state index in [1.165, 1.54) is 19.2 Å². The van der Waals surface area contributed by atoms with Crippen molar-refractivity contribution in [2.75, 3.05) is 26.7 Å². The minimum atomic E-state index is -0.546. The third-order valence-corrected chi connectivity index (χ3v) is 3.28. The van der Waals surface area contributed by atoms with Crippen LogP contribution in [-0.4, -0.2) is 48.5 Å². The second-order valence-corrected chi connectivity index (χ2v) is 4.75. The largest absolute Gasteiger partial charge is 0.490 e. The summed E-state index contributed by atoms with van der Waals surface area (Å²) in [6, 6.07) is 4.51. The van der Waals surface area contributed by atoms with Gasteiger partial charge < -0.3 is 15.0 Å². The summed E-state index contributed by atoms with van der Waals surface area (Å²) in [6.45, 7) is 3.92. The molecule has 108 valence electrons. The van der Waals surface area contributed by atoms with E-state index in [0.29, 0.717) is 18.7 Å². The Morgan fingerprint density at radius 2 is 2.30 bits per heavy atom. The molecule has 0 saturated carbocycles. The van der Waals surface area contributed by atoms with Crippen LogP contribution in [0.1, 0.15) is 17.3 Å². The predicted octanol–water partition coefficient (Wildman–Crippen LogP) is 1.04. The second kappa shape index (κ2) is 5.87. The first-order valence-electron chi connectivity index (χ1n) is 6.38. The number of carbonyl (C=O) groups is 1. The maximum atomic E-state index is 12.4. The molecule has 0 unspecified atom stereocenters. The number of nitrogens with one attached hydrogen (secondary N) is 1. The first kappa shape index (κ1) is 14.3. The summed E-state index contributed by atoms with van der Waals surface area (Å²) in [5.74, 6) is -0.0377. The molecule has 1 saturated heterocycles. The number of hydrogen-bond donors (Lipinski definition) is 1. The van der Waals surface area contributed by atoms with Crippen molar-refractivity contribution in [3.63, 3.8) is 0 Å². The molecule has 1 atom stereocenters. The van der Waals surface area contributed by atoms with Gasteiger partial charge in [0.15, 0.2) is 5.75 Å². The Bertz CT molecular complexity index is 532. The van der Waals surface area contributed by atoms with Crippen LogP contribution in [0.4, 0.5) is 5.69 Å². The second-order valence-electron chi connectivity index (χ2n) is 4.75. The van der Waals surface area contributed by atoms with Gasteiger partial charge in [-0.25, -0.2) is 0 Å². The van der Waals surface area contributed by atoms with Gasteiger partial charge in [0.05, 0.1) is 12.0 Å². The number of rotatable bonds is 3. The molecule has 1 heterocycles. The number of nitro groups is 1. The average molecular weight is 279 g/mol. The molecule has 0 bridgehead atoms. The zero-order valence-corrected chi connectivity index (χ0v) is 11.5. The Morgan fingerprint density at radius 1 is 1.55 bits per heavy atom. The molecule has 2 rings (SSSR count). The molecule has 0 aliphatic carbocycles. The minimum Gasteiger partial charge on any atom is -0.490 e. The fourth-order valence-corrected chi connectivity index (χ4v) is 2.27. The third kappa shape index (κ3) is 2.88. The molecule has 7 heteroatoms. The van der Waals surface area contributed by atoms with Gasteiger partial charge in [0.2, 0.25) is 0 Å². The zero-order valence-electron chi connectivity index (χ0n) is 11.5. The highest BCUT2D eigenvalue weighted by molar-refractivity contribution is 5.95. The summed E-state index contributed by atoms with van der Waals surface area (Å²) in [5.41, 5.74) is 0.119. The number of hydrogen-bond acceptors (Lipinski definition) is 5. The highest BCUT2D eigenvalue weighted by Gasteiger charge is 2.24. The molecule has 1 aliphatic heterocycles. The van der Waals surface area contributed by atoms with Crippen LogP contribution in [0.3, 0.4) is 0 Å². The lowest BCUT2D eigenvalue weighted by Crippen LogP contribution is -2.51. The predicted molar refractivity (Wildman–Crippen MR) is 73.0 cm³/mol. The van der Waals surface area contributed by atoms with Gasteiger partial charge in [-0.15, -0.1) is 0 Å². The van der Waals surface area contributed by atoms with E-state index < -0.39 is 4.92 Å². The van der Waals surface area contributed by atoms with Gasteiger partial charge in [0, 0.05) is 37.3 Å². The molecule has 1 aliphatic rings. The molecule has 1 N–H and O–H groups in total. The van der Waals surface area contributed by atoms with Crippen LogP contribution in [0, 0.1) is 10.1 Å². The normalized spacial score (nSPS) is 18.7. The Balaban J connectivity index is 2.26. The number of nitro benzene ring substituents is 1. The molecule has 20 heavy (non-hydrogen) atoms. The van der Waals surface area contributed by atoms with Gasteiger partial charge in [0.1, 0.15) is 0 Å². The number of piperazine rings is 1. The Morgan fingerprint density at radius 3 is 2.90 bits per heavy atom. The van der Waals surface area contributed by atoms with Gasteiger partial charge in [-0.3, -0.25) is 14.9 Å². The molecule has 0 radical (unpaired) electrons. The lowest BCUT2D eigenvalue weighted by molar-refractivity contribution is -0.385. The molecule has 0 aromatic heterocycles. The van der Waals surface area contributed by atoms with Crippen molar-refractivity contribution in [1.29, 1.82) is 0 Å². The molecule has 1 amide bonds. The fraction of sp³-hybridized carbons (Fsp3) is 0.462. The van der Waals surface area contributed by atoms with Gasteiger partial charge in [-0.1, -0.05) is 0 Å². The first-order chi connectivity index (χ1) is 9.52. The molecule has 1 fully saturated rings. The van der Waals surface area contributed by atoms with Gasteiger partial charge in [0.25, 0.3) is 5.91 Å². The Labute approximate surface area is 116 Å². The molecule has 0 spiro atoms. The van der Waals surface area contributed by atoms with Crippen molar-refractivity contribution in [1.82, 2.24) is 10.2 Å². The summed E-state index contributed by atoms with van der Waals surface area (Å²) >= 11 is 0. The maximum absolute atomic E-state index is 12.4. The fourth-order valence-electron chi connectivity index (χ4n) is 2.27. The van der Waals surface area contributed by atoms with Crippen LogP contribution in [0.15, 0.2) is 18.2 Å². The van der Waals surface area contributed by atoms with E-state index in [1.807, 2.05) is 6.92 Å². The third-order valence-electron chi connectivity index (χ3n) is 3.28. The lowest BCUT2D eigenvalue weighted by atomic mass is 10.1. The highest BCUT2D eigenvalue weighted by atomic mass is 16.6. The molecular weight excluding hydrogens is 262 g/mol. The van der Waals surface area contributed by atoms with E-state index in [-0.39, 0.29) is 23.4 Å². The molecular formula is C13H17N3O4. The number of benzene rings is 1. The van der Waals surface area contributed by atoms with Crippen LogP contribution in [0.25, 0.3) is 0 Å². The van der Waals surface area contributed by atoms with Crippen molar-refractivity contribution < 1.29 is 14.5 Å². The van der Waals surface area contributed by atoms with Crippen LogP contribution >= 0.6 is 0 Å². The van der Waals surface area contributed by atoms with E-state index in [2.05, 4.69) is 5.32 Å². The number of methoxy groups -OCH3 is 1. The lowest BCUT2D eigenvalue weighted by Gasteiger charge is -2.31. The minimum absolute atomic E-state index is 0.153. The summed E-state index contributed by atoms with van der Waals surface area (Å²) < 4.78 is 4.93. The Kier molecular flexibility index (Phi) is 4.19. The maximum Gasteiger partial charge on any atom is 0.311 e. The van der Waals surface area contributed by atoms with Crippen molar-refractivity contribution in [3.8, 4) is 5.75 Å². The molecule has 7 nitrogen and oxygen atoms in total. The van der Waals surface area contributed by atoms with E-state index in [9.17, 15) is 14.9 Å². The standard InChI is InChI=1S/C13H17N3O4/c1-9-8-15(6-5-14-9)13(17)10-3-4-12(20-2)11(7-10)16(18)19/h3-4,7,9,14H,5-6,8H2,1-2H3/t9-/m0/s1. The molecule has 1 aromatic rings. The van der Waals surface area contributed by atoms with Crippen molar-refractivity contribution in [3.05, 3.63) is 33.9 Å². The van der Waals surface area contributed by atoms with Crippen LogP contribution in [0.2, 0.25) is 0 Å². The summed E-state index contributed by atoms with van der Waals surface area (Å²) in [6.07, 6.45) is 0. The van der Waals surface area contributed by atoms with E-state index in [0.717, 1.165) is 6.54 Å². The van der Waals surface area contributed by atoms with Crippen molar-refractivity contribution >= 4 is 11.6 Å². The average Bonchev–Trinajstić information content (AvgIpc) is 2.45. The van der Waals surface area contributed by atoms with Gasteiger partial charge in [-0.2, -0.15) is 0 Å². The summed E-state index contributed by atoms with van der Waals surface area (Å²) in [7, 11) is 1.36.